The molecule has 5 heteroatoms. The number of fused-ring (bicyclic) bond motifs is 2. The minimum atomic E-state index is 0.161. The van der Waals surface area contributed by atoms with Crippen molar-refractivity contribution in [3.63, 3.8) is 0 Å². The second-order valence-corrected chi connectivity index (χ2v) is 10.8. The molecule has 184 valence electrons. The fraction of sp³-hybridized carbons (Fsp3) is 0.355. The van der Waals surface area contributed by atoms with E-state index >= 15 is 0 Å². The number of hydrogen-bond acceptors (Lipinski definition) is 5. The first-order valence-electron chi connectivity index (χ1n) is 13.1. The Hall–Kier alpha value is -3.44. The van der Waals surface area contributed by atoms with Gasteiger partial charge in [-0.25, -0.2) is 0 Å². The third-order valence-corrected chi connectivity index (χ3v) is 7.76. The van der Waals surface area contributed by atoms with Gasteiger partial charge in [-0.15, -0.1) is 0 Å². The maximum atomic E-state index is 13.4. The van der Waals surface area contributed by atoms with E-state index in [9.17, 15) is 9.90 Å². The predicted molar refractivity (Wildman–Crippen MR) is 147 cm³/mol. The molecule has 1 aromatic heterocycles. The van der Waals surface area contributed by atoms with Gasteiger partial charge in [0.1, 0.15) is 5.75 Å². The van der Waals surface area contributed by atoms with E-state index in [1.165, 1.54) is 0 Å². The molecule has 0 radical (unpaired) electrons. The zero-order chi connectivity index (χ0) is 24.8. The fourth-order valence-electron chi connectivity index (χ4n) is 5.71. The number of Topliss-reactive ketones (excluding diaryl/α,β-unsaturated/α-hetero) is 1. The minimum Gasteiger partial charge on any atom is -0.508 e. The van der Waals surface area contributed by atoms with Crippen molar-refractivity contribution in [3.05, 3.63) is 66.4 Å². The lowest BCUT2D eigenvalue weighted by Crippen LogP contribution is -2.38. The van der Waals surface area contributed by atoms with E-state index in [0.29, 0.717) is 5.92 Å². The largest absolute Gasteiger partial charge is 0.508 e. The molecular weight excluding hydrogens is 446 g/mol. The molecule has 1 aliphatic carbocycles. The summed E-state index contributed by atoms with van der Waals surface area (Å²) in [5.41, 5.74) is 5.03. The number of aromatic nitrogens is 1. The number of benzene rings is 3. The molecule has 0 atom stereocenters. The van der Waals surface area contributed by atoms with Gasteiger partial charge in [0.25, 0.3) is 0 Å². The summed E-state index contributed by atoms with van der Waals surface area (Å²) in [4.78, 5) is 22.8. The summed E-state index contributed by atoms with van der Waals surface area (Å²) in [6.45, 7) is 3.04. The van der Waals surface area contributed by atoms with E-state index in [0.717, 1.165) is 89.4 Å². The molecule has 1 aliphatic heterocycles. The number of carbonyl (C=O) groups excluding carboxylic acids is 1. The van der Waals surface area contributed by atoms with Gasteiger partial charge in [-0.2, -0.15) is 0 Å². The zero-order valence-electron chi connectivity index (χ0n) is 21.1. The molecule has 0 bridgehead atoms. The van der Waals surface area contributed by atoms with Gasteiger partial charge in [-0.3, -0.25) is 9.78 Å². The van der Waals surface area contributed by atoms with Gasteiger partial charge in [-0.1, -0.05) is 24.3 Å². The first kappa shape index (κ1) is 23.0. The molecule has 0 amide bonds. The van der Waals surface area contributed by atoms with Crippen molar-refractivity contribution < 1.29 is 9.90 Å². The lowest BCUT2D eigenvalue weighted by Gasteiger charge is -2.36. The number of hydrogen-bond donors (Lipinski definition) is 1. The Bertz CT molecular complexity index is 1450. The quantitative estimate of drug-likeness (QED) is 0.337. The maximum absolute atomic E-state index is 13.4. The monoisotopic (exact) mass is 479 g/mol. The molecule has 3 aromatic carbocycles. The molecule has 1 saturated carbocycles. The SMILES string of the molecule is CN(C)CC1CCN(c2c(C(=O)C3CC3)cnc3ccc(-c4ccc5cc(O)ccc5c4)cc23)CC1. The normalized spacial score (nSPS) is 16.8. The Labute approximate surface area is 212 Å². The number of phenolic OH excluding ortho intramolecular Hbond substituents is 1. The van der Waals surface area contributed by atoms with Crippen molar-refractivity contribution in [2.45, 2.75) is 25.7 Å². The Morgan fingerprint density at radius 1 is 0.944 bits per heavy atom. The minimum absolute atomic E-state index is 0.161. The molecule has 1 N–H and O–H groups in total. The topological polar surface area (TPSA) is 56.7 Å². The van der Waals surface area contributed by atoms with Crippen molar-refractivity contribution in [2.75, 3.05) is 38.6 Å². The summed E-state index contributed by atoms with van der Waals surface area (Å²) in [5.74, 6) is 1.39. The number of phenols is 1. The van der Waals surface area contributed by atoms with E-state index in [1.807, 2.05) is 12.3 Å². The van der Waals surface area contributed by atoms with Crippen LogP contribution in [0.2, 0.25) is 0 Å². The molecule has 4 aromatic rings. The lowest BCUT2D eigenvalue weighted by molar-refractivity contribution is 0.0968. The second-order valence-electron chi connectivity index (χ2n) is 10.8. The van der Waals surface area contributed by atoms with Gasteiger partial charge < -0.3 is 14.9 Å². The third kappa shape index (κ3) is 4.44. The second kappa shape index (κ2) is 9.21. The predicted octanol–water partition coefficient (Wildman–Crippen LogP) is 6.13. The average Bonchev–Trinajstić information content (AvgIpc) is 3.73. The maximum Gasteiger partial charge on any atom is 0.169 e. The molecule has 2 heterocycles. The van der Waals surface area contributed by atoms with Crippen LogP contribution < -0.4 is 4.90 Å². The molecule has 6 rings (SSSR count). The Kier molecular flexibility index (Phi) is 5.88. The van der Waals surface area contributed by atoms with Crippen LogP contribution in [0.4, 0.5) is 5.69 Å². The fourth-order valence-corrected chi connectivity index (χ4v) is 5.71. The van der Waals surface area contributed by atoms with Gasteiger partial charge in [-0.05, 0) is 97.9 Å². The summed E-state index contributed by atoms with van der Waals surface area (Å²) in [6.07, 6.45) is 6.08. The standard InChI is InChI=1S/C31H33N3O2/c1-33(2)19-20-11-13-34(14-12-20)30-27-17-25(22-5-6-24-16-26(35)9-7-23(24)15-22)8-10-29(27)32-18-28(30)31(36)21-3-4-21/h5-10,15-18,20-21,35H,3-4,11-14,19H2,1-2H3. The van der Waals surface area contributed by atoms with Crippen molar-refractivity contribution in [1.82, 2.24) is 9.88 Å². The summed E-state index contributed by atoms with van der Waals surface area (Å²) in [5, 5.41) is 13.0. The lowest BCUT2D eigenvalue weighted by atomic mass is 9.93. The van der Waals surface area contributed by atoms with Crippen LogP contribution in [0.3, 0.4) is 0 Å². The van der Waals surface area contributed by atoms with Crippen LogP contribution >= 0.6 is 0 Å². The summed E-state index contributed by atoms with van der Waals surface area (Å²) < 4.78 is 0. The molecule has 0 spiro atoms. The van der Waals surface area contributed by atoms with Crippen LogP contribution in [0.25, 0.3) is 32.8 Å². The van der Waals surface area contributed by atoms with Crippen molar-refractivity contribution >= 4 is 33.1 Å². The van der Waals surface area contributed by atoms with Gasteiger partial charge in [0.05, 0.1) is 16.8 Å². The van der Waals surface area contributed by atoms with Crippen LogP contribution in [0, 0.1) is 11.8 Å². The molecule has 0 unspecified atom stereocenters. The van der Waals surface area contributed by atoms with E-state index in [-0.39, 0.29) is 17.5 Å². The molecule has 1 saturated heterocycles. The first-order valence-corrected chi connectivity index (χ1v) is 13.1. The number of anilines is 1. The number of carbonyl (C=O) groups is 1. The average molecular weight is 480 g/mol. The summed E-state index contributed by atoms with van der Waals surface area (Å²) >= 11 is 0. The number of pyridine rings is 1. The van der Waals surface area contributed by atoms with Gasteiger partial charge in [0.2, 0.25) is 0 Å². The van der Waals surface area contributed by atoms with Crippen LogP contribution in [0.1, 0.15) is 36.0 Å². The highest BCUT2D eigenvalue weighted by atomic mass is 16.3. The van der Waals surface area contributed by atoms with Crippen LogP contribution in [0.15, 0.2) is 60.8 Å². The molecule has 36 heavy (non-hydrogen) atoms. The van der Waals surface area contributed by atoms with E-state index in [2.05, 4.69) is 60.3 Å². The van der Waals surface area contributed by atoms with Crippen LogP contribution in [0.5, 0.6) is 5.75 Å². The highest BCUT2D eigenvalue weighted by Crippen LogP contribution is 2.40. The first-order chi connectivity index (χ1) is 17.5. The Balaban J connectivity index is 1.43. The van der Waals surface area contributed by atoms with E-state index in [4.69, 9.17) is 4.98 Å². The Morgan fingerprint density at radius 2 is 1.64 bits per heavy atom. The van der Waals surface area contributed by atoms with Crippen LogP contribution in [-0.4, -0.2) is 54.5 Å². The highest BCUT2D eigenvalue weighted by molar-refractivity contribution is 6.10. The zero-order valence-corrected chi connectivity index (χ0v) is 21.1. The van der Waals surface area contributed by atoms with Crippen molar-refractivity contribution in [3.8, 4) is 16.9 Å². The highest BCUT2D eigenvalue weighted by Gasteiger charge is 2.34. The van der Waals surface area contributed by atoms with Gasteiger partial charge >= 0.3 is 0 Å². The number of ketones is 1. The van der Waals surface area contributed by atoms with Gasteiger partial charge in [0, 0.05) is 37.1 Å². The summed E-state index contributed by atoms with van der Waals surface area (Å²) in [6, 6.07) is 18.2. The molecular formula is C31H33N3O2. The summed E-state index contributed by atoms with van der Waals surface area (Å²) in [7, 11) is 4.29. The Morgan fingerprint density at radius 3 is 2.39 bits per heavy atom. The molecule has 2 fully saturated rings. The molecule has 5 nitrogen and oxygen atoms in total. The van der Waals surface area contributed by atoms with E-state index < -0.39 is 0 Å². The number of piperidine rings is 1. The third-order valence-electron chi connectivity index (χ3n) is 7.76. The molecule has 2 aliphatic rings. The number of rotatable bonds is 6. The van der Waals surface area contributed by atoms with Crippen LogP contribution in [-0.2, 0) is 0 Å². The van der Waals surface area contributed by atoms with E-state index in [1.54, 1.807) is 12.1 Å². The van der Waals surface area contributed by atoms with Crippen molar-refractivity contribution in [1.29, 1.82) is 0 Å². The van der Waals surface area contributed by atoms with Gasteiger partial charge in [0.15, 0.2) is 5.78 Å². The smallest absolute Gasteiger partial charge is 0.169 e. The van der Waals surface area contributed by atoms with Crippen molar-refractivity contribution in [2.24, 2.45) is 11.8 Å². The number of nitrogens with zero attached hydrogens (tertiary/aromatic N) is 3. The number of aromatic hydroxyl groups is 1.